The molecule has 2 aromatic heterocycles. The Balaban J connectivity index is 1.47. The highest BCUT2D eigenvalue weighted by Crippen LogP contribution is 2.17. The van der Waals surface area contributed by atoms with Crippen molar-refractivity contribution in [1.29, 1.82) is 0 Å². The minimum absolute atomic E-state index is 0.0149. The van der Waals surface area contributed by atoms with Crippen molar-refractivity contribution >= 4 is 26.8 Å². The van der Waals surface area contributed by atoms with Gasteiger partial charge in [0.05, 0.1) is 17.2 Å². The Bertz CT molecular complexity index is 1280. The van der Waals surface area contributed by atoms with E-state index in [-0.39, 0.29) is 36.1 Å². The molecule has 0 bridgehead atoms. The molecule has 0 unspecified atom stereocenters. The summed E-state index contributed by atoms with van der Waals surface area (Å²) >= 11 is 0. The van der Waals surface area contributed by atoms with Crippen LogP contribution in [0.15, 0.2) is 46.6 Å². The van der Waals surface area contributed by atoms with Gasteiger partial charge in [-0.2, -0.15) is 4.31 Å². The second-order valence-electron chi connectivity index (χ2n) is 7.57. The van der Waals surface area contributed by atoms with Gasteiger partial charge in [0.1, 0.15) is 12.4 Å². The molecule has 10 nitrogen and oxygen atoms in total. The van der Waals surface area contributed by atoms with E-state index in [4.69, 9.17) is 0 Å². The number of hydrogen-bond acceptors (Lipinski definition) is 6. The second-order valence-corrected chi connectivity index (χ2v) is 9.46. The van der Waals surface area contributed by atoms with E-state index in [9.17, 15) is 18.0 Å². The normalized spacial score (nSPS) is 15.9. The van der Waals surface area contributed by atoms with Gasteiger partial charge in [-0.15, -0.1) is 0 Å². The topological polar surface area (TPSA) is 110 Å². The van der Waals surface area contributed by atoms with E-state index in [0.29, 0.717) is 36.2 Å². The first-order valence-electron chi connectivity index (χ1n) is 9.99. The summed E-state index contributed by atoms with van der Waals surface area (Å²) < 4.78 is 30.2. The summed E-state index contributed by atoms with van der Waals surface area (Å²) in [4.78, 5) is 35.5. The highest BCUT2D eigenvalue weighted by atomic mass is 32.2. The van der Waals surface area contributed by atoms with Crippen LogP contribution < -0.4 is 5.56 Å². The average Bonchev–Trinajstić information content (AvgIpc) is 2.95. The first-order valence-corrected chi connectivity index (χ1v) is 11.4. The minimum Gasteiger partial charge on any atom is -0.340 e. The molecule has 4 rings (SSSR count). The lowest BCUT2D eigenvalue weighted by atomic mass is 10.2. The lowest BCUT2D eigenvalue weighted by Gasteiger charge is -2.21. The molecule has 0 aliphatic carbocycles. The zero-order valence-electron chi connectivity index (χ0n) is 17.4. The van der Waals surface area contributed by atoms with Crippen LogP contribution in [0.5, 0.6) is 0 Å². The SMILES string of the molecule is Cc1nc(S(=O)(=O)N2CCCN(C(=O)Cn3cnc4ccccc4c3=O)CC2)cn1C. The van der Waals surface area contributed by atoms with Crippen LogP contribution in [0.4, 0.5) is 0 Å². The van der Waals surface area contributed by atoms with E-state index in [0.717, 1.165) is 0 Å². The van der Waals surface area contributed by atoms with Crippen LogP contribution in [0.3, 0.4) is 0 Å². The summed E-state index contributed by atoms with van der Waals surface area (Å²) in [7, 11) is -1.98. The number of sulfonamides is 1. The predicted octanol–water partition coefficient (Wildman–Crippen LogP) is 0.362. The summed E-state index contributed by atoms with van der Waals surface area (Å²) in [5.74, 6) is 0.367. The van der Waals surface area contributed by atoms with Crippen LogP contribution in [0.25, 0.3) is 10.9 Å². The molecular weight excluding hydrogens is 420 g/mol. The lowest BCUT2D eigenvalue weighted by molar-refractivity contribution is -0.131. The zero-order valence-corrected chi connectivity index (χ0v) is 18.2. The van der Waals surface area contributed by atoms with Crippen LogP contribution in [0, 0.1) is 6.92 Å². The fraction of sp³-hybridized carbons (Fsp3) is 0.400. The number of para-hydroxylation sites is 1. The number of rotatable bonds is 4. The number of nitrogens with zero attached hydrogens (tertiary/aromatic N) is 6. The monoisotopic (exact) mass is 444 g/mol. The van der Waals surface area contributed by atoms with Gasteiger partial charge >= 0.3 is 0 Å². The number of aromatic nitrogens is 4. The number of aryl methyl sites for hydroxylation is 2. The van der Waals surface area contributed by atoms with E-state index in [1.807, 2.05) is 0 Å². The van der Waals surface area contributed by atoms with Gasteiger partial charge in [0.15, 0.2) is 5.03 Å². The number of amides is 1. The van der Waals surface area contributed by atoms with E-state index < -0.39 is 10.0 Å². The summed E-state index contributed by atoms with van der Waals surface area (Å²) in [6, 6.07) is 6.98. The molecule has 164 valence electrons. The molecular formula is C20H24N6O4S. The fourth-order valence-electron chi connectivity index (χ4n) is 3.63. The third-order valence-electron chi connectivity index (χ3n) is 5.54. The second kappa shape index (κ2) is 8.23. The predicted molar refractivity (Wildman–Crippen MR) is 114 cm³/mol. The van der Waals surface area contributed by atoms with Crippen molar-refractivity contribution in [3.8, 4) is 0 Å². The van der Waals surface area contributed by atoms with Gasteiger partial charge in [-0.3, -0.25) is 14.2 Å². The Kier molecular flexibility index (Phi) is 5.63. The van der Waals surface area contributed by atoms with Gasteiger partial charge in [-0.1, -0.05) is 12.1 Å². The maximum atomic E-state index is 12.9. The standard InChI is InChI=1S/C20H24N6O4S/c1-15-22-18(12-23(15)2)31(29,30)26-9-5-8-24(10-11-26)19(27)13-25-14-21-17-7-4-3-6-16(17)20(25)28/h3-4,6-7,12,14H,5,8-11,13H2,1-2H3. The highest BCUT2D eigenvalue weighted by molar-refractivity contribution is 7.89. The smallest absolute Gasteiger partial charge is 0.262 e. The fourth-order valence-corrected chi connectivity index (χ4v) is 5.13. The van der Waals surface area contributed by atoms with Gasteiger partial charge in [0.2, 0.25) is 5.91 Å². The Morgan fingerprint density at radius 1 is 1.13 bits per heavy atom. The zero-order chi connectivity index (χ0) is 22.2. The summed E-state index contributed by atoms with van der Waals surface area (Å²) in [6.45, 7) is 2.75. The molecule has 3 aromatic rings. The summed E-state index contributed by atoms with van der Waals surface area (Å²) in [5, 5.41) is 0.470. The molecule has 1 aliphatic heterocycles. The molecule has 0 radical (unpaired) electrons. The third kappa shape index (κ3) is 4.10. The number of carbonyl (C=O) groups excluding carboxylic acids is 1. The van der Waals surface area contributed by atoms with Gasteiger partial charge in [-0.05, 0) is 25.5 Å². The lowest BCUT2D eigenvalue weighted by Crippen LogP contribution is -2.40. The molecule has 31 heavy (non-hydrogen) atoms. The van der Waals surface area contributed by atoms with Crippen LogP contribution in [0.1, 0.15) is 12.2 Å². The van der Waals surface area contributed by atoms with Crippen molar-refractivity contribution in [3.63, 3.8) is 0 Å². The average molecular weight is 445 g/mol. The number of carbonyl (C=O) groups is 1. The molecule has 0 spiro atoms. The Hall–Kier alpha value is -3.05. The molecule has 11 heteroatoms. The Morgan fingerprint density at radius 2 is 1.90 bits per heavy atom. The molecule has 0 saturated carbocycles. The van der Waals surface area contributed by atoms with Gasteiger partial charge in [-0.25, -0.2) is 18.4 Å². The van der Waals surface area contributed by atoms with Crippen LogP contribution in [0.2, 0.25) is 0 Å². The van der Waals surface area contributed by atoms with Crippen molar-refractivity contribution in [2.75, 3.05) is 26.2 Å². The van der Waals surface area contributed by atoms with E-state index in [1.54, 1.807) is 47.7 Å². The van der Waals surface area contributed by atoms with Crippen molar-refractivity contribution in [2.24, 2.45) is 7.05 Å². The summed E-state index contributed by atoms with van der Waals surface area (Å²) in [6.07, 6.45) is 3.37. The third-order valence-corrected chi connectivity index (χ3v) is 7.31. The highest BCUT2D eigenvalue weighted by Gasteiger charge is 2.30. The van der Waals surface area contributed by atoms with Crippen molar-refractivity contribution < 1.29 is 13.2 Å². The Morgan fingerprint density at radius 3 is 2.65 bits per heavy atom. The molecule has 1 saturated heterocycles. The number of benzene rings is 1. The van der Waals surface area contributed by atoms with Gasteiger partial charge in [0, 0.05) is 39.4 Å². The number of fused-ring (bicyclic) bond motifs is 1. The molecule has 1 fully saturated rings. The van der Waals surface area contributed by atoms with Crippen LogP contribution in [-0.2, 0) is 28.4 Å². The molecule has 1 aromatic carbocycles. The molecule has 1 aliphatic rings. The minimum atomic E-state index is -3.73. The molecule has 0 N–H and O–H groups in total. The van der Waals surface area contributed by atoms with Gasteiger partial charge in [0.25, 0.3) is 15.6 Å². The molecule has 3 heterocycles. The van der Waals surface area contributed by atoms with Crippen LogP contribution >= 0.6 is 0 Å². The maximum absolute atomic E-state index is 12.9. The van der Waals surface area contributed by atoms with Crippen molar-refractivity contribution in [2.45, 2.75) is 24.9 Å². The first kappa shape index (κ1) is 21.2. The Labute approximate surface area is 179 Å². The maximum Gasteiger partial charge on any atom is 0.262 e. The molecule has 1 amide bonds. The number of imidazole rings is 1. The quantitative estimate of drug-likeness (QED) is 0.575. The van der Waals surface area contributed by atoms with Gasteiger partial charge < -0.3 is 9.47 Å². The first-order chi connectivity index (χ1) is 14.8. The summed E-state index contributed by atoms with van der Waals surface area (Å²) in [5.41, 5.74) is 0.306. The van der Waals surface area contributed by atoms with Crippen molar-refractivity contribution in [1.82, 2.24) is 28.3 Å². The molecule has 0 atom stereocenters. The van der Waals surface area contributed by atoms with E-state index >= 15 is 0 Å². The number of hydrogen-bond donors (Lipinski definition) is 0. The van der Waals surface area contributed by atoms with E-state index in [2.05, 4.69) is 9.97 Å². The van der Waals surface area contributed by atoms with Crippen LogP contribution in [-0.4, -0.2) is 68.8 Å². The largest absolute Gasteiger partial charge is 0.340 e. The van der Waals surface area contributed by atoms with Crippen molar-refractivity contribution in [3.05, 3.63) is 53.0 Å². The van der Waals surface area contributed by atoms with E-state index in [1.165, 1.54) is 21.4 Å².